The fourth-order valence-electron chi connectivity index (χ4n) is 3.65. The summed E-state index contributed by atoms with van der Waals surface area (Å²) in [6.07, 6.45) is 3.46. The SMILES string of the molecule is C=C(C)[C@@H]1CC=C(C)[C@@](O)([C@@H]2CN(OCc3ccc(OC)cc3)C2=O)C1. The molecule has 1 fully saturated rings. The third-order valence-electron chi connectivity index (χ3n) is 5.66. The molecule has 0 unspecified atom stereocenters. The number of nitrogens with zero attached hydrogens (tertiary/aromatic N) is 1. The lowest BCUT2D eigenvalue weighted by molar-refractivity contribution is -0.241. The van der Waals surface area contributed by atoms with Crippen molar-refractivity contribution in [3.8, 4) is 5.75 Å². The fraction of sp³-hybridized carbons (Fsp3) is 0.476. The zero-order chi connectivity index (χ0) is 18.9. The number of β-lactam (4-membered cyclic amide) rings is 1. The summed E-state index contributed by atoms with van der Waals surface area (Å²) in [5.74, 6) is 0.390. The largest absolute Gasteiger partial charge is 0.497 e. The topological polar surface area (TPSA) is 59.0 Å². The van der Waals surface area contributed by atoms with Crippen molar-refractivity contribution in [3.05, 3.63) is 53.6 Å². The maximum absolute atomic E-state index is 12.6. The standard InChI is InChI=1S/C21H27NO4/c1-14(2)17-8-5-15(3)21(24,11-17)19-12-22(20(19)23)26-13-16-6-9-18(25-4)10-7-16/h5-7,9-10,17,19,24H,1,8,11-13H2,2-4H3/t17-,19-,21-/m1/s1. The molecule has 5 heteroatoms. The second kappa shape index (κ2) is 7.25. The maximum Gasteiger partial charge on any atom is 0.254 e. The molecule has 0 saturated carbocycles. The van der Waals surface area contributed by atoms with Crippen LogP contribution in [0.5, 0.6) is 5.75 Å². The van der Waals surface area contributed by atoms with E-state index in [1.807, 2.05) is 44.2 Å². The first kappa shape index (κ1) is 18.7. The van der Waals surface area contributed by atoms with Crippen LogP contribution < -0.4 is 4.74 Å². The first-order valence-electron chi connectivity index (χ1n) is 8.97. The van der Waals surface area contributed by atoms with Gasteiger partial charge in [0.05, 0.1) is 25.2 Å². The molecule has 1 amide bonds. The number of rotatable bonds is 6. The number of benzene rings is 1. The molecule has 0 radical (unpaired) electrons. The van der Waals surface area contributed by atoms with Crippen LogP contribution in [0.15, 0.2) is 48.1 Å². The van der Waals surface area contributed by atoms with E-state index in [1.54, 1.807) is 7.11 Å². The minimum absolute atomic E-state index is 0.156. The van der Waals surface area contributed by atoms with Crippen LogP contribution in [-0.2, 0) is 16.2 Å². The smallest absolute Gasteiger partial charge is 0.254 e. The summed E-state index contributed by atoms with van der Waals surface area (Å²) in [6, 6.07) is 7.52. The van der Waals surface area contributed by atoms with Gasteiger partial charge in [-0.1, -0.05) is 30.4 Å². The van der Waals surface area contributed by atoms with Gasteiger partial charge in [-0.15, -0.1) is 0 Å². The van der Waals surface area contributed by atoms with Gasteiger partial charge in [-0.05, 0) is 55.9 Å². The van der Waals surface area contributed by atoms with Gasteiger partial charge in [0, 0.05) is 0 Å². The molecule has 1 aliphatic carbocycles. The molecule has 2 aliphatic rings. The summed E-state index contributed by atoms with van der Waals surface area (Å²) in [4.78, 5) is 18.2. The summed E-state index contributed by atoms with van der Waals surface area (Å²) >= 11 is 0. The lowest BCUT2D eigenvalue weighted by Crippen LogP contribution is -2.63. The third kappa shape index (κ3) is 3.41. The maximum atomic E-state index is 12.6. The highest BCUT2D eigenvalue weighted by atomic mass is 16.7. The second-order valence-corrected chi connectivity index (χ2v) is 7.37. The first-order valence-corrected chi connectivity index (χ1v) is 8.97. The van der Waals surface area contributed by atoms with Crippen LogP contribution in [0.1, 0.15) is 32.3 Å². The highest BCUT2D eigenvalue weighted by molar-refractivity contribution is 5.85. The lowest BCUT2D eigenvalue weighted by atomic mass is 9.67. The number of hydrogen-bond donors (Lipinski definition) is 1. The summed E-state index contributed by atoms with van der Waals surface area (Å²) in [6.45, 7) is 8.61. The van der Waals surface area contributed by atoms with Gasteiger partial charge in [-0.2, -0.15) is 0 Å². The Morgan fingerprint density at radius 1 is 1.38 bits per heavy atom. The molecule has 3 atom stereocenters. The molecule has 0 aromatic heterocycles. The summed E-state index contributed by atoms with van der Waals surface area (Å²) in [5.41, 5.74) is 1.78. The molecule has 1 N–H and O–H groups in total. The van der Waals surface area contributed by atoms with E-state index in [1.165, 1.54) is 5.06 Å². The van der Waals surface area contributed by atoms with E-state index in [0.29, 0.717) is 19.6 Å². The highest BCUT2D eigenvalue weighted by Crippen LogP contribution is 2.44. The number of hydrogen-bond acceptors (Lipinski definition) is 4. The molecule has 1 aromatic rings. The van der Waals surface area contributed by atoms with Crippen molar-refractivity contribution in [1.82, 2.24) is 5.06 Å². The van der Waals surface area contributed by atoms with E-state index in [2.05, 4.69) is 6.58 Å². The highest BCUT2D eigenvalue weighted by Gasteiger charge is 2.54. The summed E-state index contributed by atoms with van der Waals surface area (Å²) in [5, 5.41) is 12.5. The van der Waals surface area contributed by atoms with Crippen molar-refractivity contribution in [2.75, 3.05) is 13.7 Å². The second-order valence-electron chi connectivity index (χ2n) is 7.37. The Morgan fingerprint density at radius 2 is 2.08 bits per heavy atom. The van der Waals surface area contributed by atoms with E-state index >= 15 is 0 Å². The van der Waals surface area contributed by atoms with Gasteiger partial charge in [0.15, 0.2) is 0 Å². The third-order valence-corrected chi connectivity index (χ3v) is 5.66. The van der Waals surface area contributed by atoms with Gasteiger partial charge in [0.2, 0.25) is 0 Å². The molecular weight excluding hydrogens is 330 g/mol. The van der Waals surface area contributed by atoms with E-state index in [9.17, 15) is 9.90 Å². The molecule has 1 saturated heterocycles. The summed E-state index contributed by atoms with van der Waals surface area (Å²) < 4.78 is 5.13. The minimum atomic E-state index is -1.10. The fourth-order valence-corrected chi connectivity index (χ4v) is 3.65. The molecule has 140 valence electrons. The molecular formula is C21H27NO4. The molecule has 26 heavy (non-hydrogen) atoms. The predicted molar refractivity (Wildman–Crippen MR) is 99.2 cm³/mol. The molecule has 1 aliphatic heterocycles. The summed E-state index contributed by atoms with van der Waals surface area (Å²) in [7, 11) is 1.62. The van der Waals surface area contributed by atoms with Crippen molar-refractivity contribution in [2.45, 2.75) is 38.9 Å². The number of carbonyl (C=O) groups excluding carboxylic acids is 1. The zero-order valence-corrected chi connectivity index (χ0v) is 15.7. The average Bonchev–Trinajstić information content (AvgIpc) is 2.63. The Labute approximate surface area is 154 Å². The normalized spacial score (nSPS) is 28.4. The van der Waals surface area contributed by atoms with Gasteiger partial charge in [0.1, 0.15) is 12.4 Å². The molecule has 5 nitrogen and oxygen atoms in total. The number of hydroxylamine groups is 2. The van der Waals surface area contributed by atoms with E-state index in [0.717, 1.165) is 28.9 Å². The van der Waals surface area contributed by atoms with E-state index < -0.39 is 11.5 Å². The van der Waals surface area contributed by atoms with E-state index in [-0.39, 0.29) is 11.8 Å². The molecule has 0 spiro atoms. The number of ether oxygens (including phenoxy) is 1. The quantitative estimate of drug-likeness (QED) is 0.627. The van der Waals surface area contributed by atoms with Crippen LogP contribution in [-0.4, -0.2) is 35.3 Å². The van der Waals surface area contributed by atoms with Crippen LogP contribution in [0.2, 0.25) is 0 Å². The van der Waals surface area contributed by atoms with Crippen LogP contribution in [0.3, 0.4) is 0 Å². The van der Waals surface area contributed by atoms with Gasteiger partial charge >= 0.3 is 0 Å². The van der Waals surface area contributed by atoms with Gasteiger partial charge in [-0.25, -0.2) is 5.06 Å². The van der Waals surface area contributed by atoms with Crippen LogP contribution in [0, 0.1) is 11.8 Å². The van der Waals surface area contributed by atoms with Crippen LogP contribution in [0.4, 0.5) is 0 Å². The van der Waals surface area contributed by atoms with Crippen molar-refractivity contribution in [3.63, 3.8) is 0 Å². The zero-order valence-electron chi connectivity index (χ0n) is 15.7. The van der Waals surface area contributed by atoms with Crippen LogP contribution >= 0.6 is 0 Å². The monoisotopic (exact) mass is 357 g/mol. The molecule has 3 rings (SSSR count). The van der Waals surface area contributed by atoms with E-state index in [4.69, 9.17) is 9.57 Å². The van der Waals surface area contributed by atoms with Gasteiger partial charge in [0.25, 0.3) is 5.91 Å². The van der Waals surface area contributed by atoms with Crippen molar-refractivity contribution in [2.24, 2.45) is 11.8 Å². The Morgan fingerprint density at radius 3 is 2.65 bits per heavy atom. The number of amides is 1. The Balaban J connectivity index is 1.59. The predicted octanol–water partition coefficient (Wildman–Crippen LogP) is 3.25. The first-order chi connectivity index (χ1) is 12.3. The minimum Gasteiger partial charge on any atom is -0.497 e. The number of carbonyl (C=O) groups is 1. The van der Waals surface area contributed by atoms with Crippen LogP contribution in [0.25, 0.3) is 0 Å². The van der Waals surface area contributed by atoms with Gasteiger partial charge in [-0.3, -0.25) is 9.63 Å². The van der Waals surface area contributed by atoms with Gasteiger partial charge < -0.3 is 9.84 Å². The number of aliphatic hydroxyl groups is 1. The molecule has 0 bridgehead atoms. The Hall–Kier alpha value is -2.11. The van der Waals surface area contributed by atoms with Crippen molar-refractivity contribution in [1.29, 1.82) is 0 Å². The Kier molecular flexibility index (Phi) is 5.21. The lowest BCUT2D eigenvalue weighted by Gasteiger charge is -2.49. The number of allylic oxidation sites excluding steroid dienone is 2. The average molecular weight is 357 g/mol. The van der Waals surface area contributed by atoms with Crippen molar-refractivity contribution < 1.29 is 19.5 Å². The number of methoxy groups -OCH3 is 1. The molecule has 1 heterocycles. The van der Waals surface area contributed by atoms with Crippen molar-refractivity contribution >= 4 is 5.91 Å². The Bertz CT molecular complexity index is 724. The molecule has 1 aromatic carbocycles.